The number of carboxylic acid groups (broad SMARTS) is 1. The van der Waals surface area contributed by atoms with Crippen LogP contribution in [0.4, 0.5) is 13.2 Å². The Kier molecular flexibility index (Phi) is 11.1. The molecule has 0 bridgehead atoms. The van der Waals surface area contributed by atoms with Gasteiger partial charge in [-0.3, -0.25) is 0 Å². The number of alkyl halides is 3. The number of hydrogen-bond donors (Lipinski definition) is 2. The van der Waals surface area contributed by atoms with E-state index in [9.17, 15) is 18.0 Å². The smallest absolute Gasteiger partial charge is 0.475 e. The van der Waals surface area contributed by atoms with Crippen molar-refractivity contribution < 1.29 is 27.9 Å². The third-order valence-corrected chi connectivity index (χ3v) is 10.8. The van der Waals surface area contributed by atoms with Crippen LogP contribution in [-0.4, -0.2) is 61.4 Å². The van der Waals surface area contributed by atoms with E-state index in [-0.39, 0.29) is 5.91 Å². The van der Waals surface area contributed by atoms with Gasteiger partial charge < -0.3 is 5.11 Å². The van der Waals surface area contributed by atoms with Gasteiger partial charge in [-0.25, -0.2) is 4.79 Å². The van der Waals surface area contributed by atoms with Crippen LogP contribution in [0.3, 0.4) is 0 Å². The minimum absolute atomic E-state index is 0.114. The number of nitrogens with one attached hydrogen (secondary N) is 1. The molecule has 0 aliphatic rings. The number of amides is 1. The van der Waals surface area contributed by atoms with E-state index >= 15 is 0 Å². The Morgan fingerprint density at radius 2 is 1.17 bits per heavy atom. The molecule has 0 aliphatic carbocycles. The predicted molar refractivity (Wildman–Crippen MR) is 141 cm³/mol. The van der Waals surface area contributed by atoms with Gasteiger partial charge in [-0.15, -0.1) is 0 Å². The number of nitrogens with zero attached hydrogens (tertiary/aromatic N) is 1. The van der Waals surface area contributed by atoms with Crippen molar-refractivity contribution in [3.8, 4) is 0 Å². The van der Waals surface area contributed by atoms with Gasteiger partial charge in [0.15, 0.2) is 0 Å². The summed E-state index contributed by atoms with van der Waals surface area (Å²) in [5.41, 5.74) is 0. The summed E-state index contributed by atoms with van der Waals surface area (Å²) in [6, 6.07) is 32.9. The number of aliphatic carboxylic acids is 1. The zero-order valence-electron chi connectivity index (χ0n) is 20.3. The molecule has 3 aromatic rings. The zero-order valence-corrected chi connectivity index (χ0v) is 21.3. The summed E-state index contributed by atoms with van der Waals surface area (Å²) >= 11 is 0. The molecule has 9 heteroatoms. The van der Waals surface area contributed by atoms with E-state index in [1.165, 1.54) is 15.9 Å². The first kappa shape index (κ1) is 29.0. The van der Waals surface area contributed by atoms with Crippen molar-refractivity contribution in [1.29, 1.82) is 0 Å². The average Bonchev–Trinajstić information content (AvgIpc) is 2.87. The molecule has 0 atom stereocenters. The standard InChI is InChI=1S/C25H31N2OP.C2HF3O2/c1-27(2)25(28)21-26-19-12-20-29(22-13-6-3-7-14-22,23-15-8-4-9-16-23)24-17-10-5-11-18-24;3-2(4,5)1(6)7/h3-11,13-18,26,29H,12,19-21H2,1-2H3;(H,6,7). The second-order valence-corrected chi connectivity index (χ2v) is 12.4. The number of carbonyl (C=O) groups is 2. The van der Waals surface area contributed by atoms with Crippen LogP contribution < -0.4 is 21.2 Å². The van der Waals surface area contributed by atoms with Crippen LogP contribution in [-0.2, 0) is 9.59 Å². The molecule has 0 saturated heterocycles. The van der Waals surface area contributed by atoms with Gasteiger partial charge in [0.25, 0.3) is 0 Å². The second-order valence-electron chi connectivity index (χ2n) is 8.37. The first-order chi connectivity index (χ1) is 17.1. The van der Waals surface area contributed by atoms with Crippen molar-refractivity contribution in [1.82, 2.24) is 10.2 Å². The molecule has 1 amide bonds. The van der Waals surface area contributed by atoms with Gasteiger partial charge in [-0.05, 0) is 0 Å². The fourth-order valence-electron chi connectivity index (χ4n) is 3.93. The van der Waals surface area contributed by atoms with E-state index < -0.39 is 19.4 Å². The molecule has 3 aromatic carbocycles. The average molecular weight is 521 g/mol. The van der Waals surface area contributed by atoms with E-state index in [0.29, 0.717) is 6.54 Å². The molecule has 0 unspecified atom stereocenters. The first-order valence-electron chi connectivity index (χ1n) is 11.5. The molecule has 0 spiro atoms. The molecular weight excluding hydrogens is 488 g/mol. The number of rotatable bonds is 9. The van der Waals surface area contributed by atoms with E-state index in [2.05, 4.69) is 96.3 Å². The minimum atomic E-state index is -5.08. The van der Waals surface area contributed by atoms with Gasteiger partial charge in [0.05, 0.1) is 0 Å². The Balaban J connectivity index is 0.000000572. The van der Waals surface area contributed by atoms with Gasteiger partial charge in [0.2, 0.25) is 0 Å². The van der Waals surface area contributed by atoms with Crippen molar-refractivity contribution in [3.05, 3.63) is 91.0 Å². The molecular formula is C27H32F3N2O3P. The SMILES string of the molecule is CN(C)C(=O)CNCCC[PH](c1ccccc1)(c1ccccc1)c1ccccc1.O=C(O)C(F)(F)F. The Hall–Kier alpha value is -3.22. The van der Waals surface area contributed by atoms with Crippen molar-refractivity contribution in [2.75, 3.05) is 33.3 Å². The molecule has 0 heterocycles. The van der Waals surface area contributed by atoms with Crippen LogP contribution in [0, 0.1) is 0 Å². The number of carbonyl (C=O) groups excluding carboxylic acids is 1. The van der Waals surface area contributed by atoms with Gasteiger partial charge in [0.1, 0.15) is 0 Å². The Labute approximate surface area is 210 Å². The van der Waals surface area contributed by atoms with Gasteiger partial charge >= 0.3 is 187 Å². The number of benzene rings is 3. The van der Waals surface area contributed by atoms with Gasteiger partial charge in [0, 0.05) is 0 Å². The van der Waals surface area contributed by atoms with Crippen LogP contribution in [0.5, 0.6) is 0 Å². The number of likely N-dealkylation sites (N-methyl/N-ethyl adjacent to an activating group) is 1. The molecule has 0 aromatic heterocycles. The van der Waals surface area contributed by atoms with Crippen LogP contribution in [0.2, 0.25) is 0 Å². The second kappa shape index (κ2) is 13.8. The predicted octanol–water partition coefficient (Wildman–Crippen LogP) is 3.41. The van der Waals surface area contributed by atoms with Crippen LogP contribution >= 0.6 is 7.26 Å². The van der Waals surface area contributed by atoms with Crippen LogP contribution in [0.1, 0.15) is 6.42 Å². The maximum Gasteiger partial charge on any atom is 0.490 e. The third-order valence-electron chi connectivity index (χ3n) is 5.72. The largest absolute Gasteiger partial charge is 0.490 e. The molecule has 0 saturated carbocycles. The van der Waals surface area contributed by atoms with Gasteiger partial charge in [-0.2, -0.15) is 13.2 Å². The van der Waals surface area contributed by atoms with E-state index in [4.69, 9.17) is 9.90 Å². The Bertz CT molecular complexity index is 983. The maximum absolute atomic E-state index is 11.8. The van der Waals surface area contributed by atoms with Crippen molar-refractivity contribution in [2.24, 2.45) is 0 Å². The Morgan fingerprint density at radius 3 is 1.47 bits per heavy atom. The van der Waals surface area contributed by atoms with Crippen molar-refractivity contribution in [2.45, 2.75) is 12.6 Å². The fourth-order valence-corrected chi connectivity index (χ4v) is 8.79. The van der Waals surface area contributed by atoms with Crippen molar-refractivity contribution in [3.63, 3.8) is 0 Å². The topological polar surface area (TPSA) is 69.6 Å². The first-order valence-corrected chi connectivity index (χ1v) is 13.7. The van der Waals surface area contributed by atoms with Crippen LogP contribution in [0.15, 0.2) is 91.0 Å². The Morgan fingerprint density at radius 1 is 0.806 bits per heavy atom. The fraction of sp³-hybridized carbons (Fsp3) is 0.259. The molecule has 2 N–H and O–H groups in total. The van der Waals surface area contributed by atoms with E-state index in [1.54, 1.807) is 19.0 Å². The minimum Gasteiger partial charge on any atom is -0.475 e. The molecule has 0 fully saturated rings. The van der Waals surface area contributed by atoms with Crippen LogP contribution in [0.25, 0.3) is 0 Å². The van der Waals surface area contributed by atoms with Crippen molar-refractivity contribution >= 4 is 35.1 Å². The number of hydrogen-bond acceptors (Lipinski definition) is 3. The summed E-state index contributed by atoms with van der Waals surface area (Å²) in [6.07, 6.45) is -2.97. The molecule has 3 rings (SSSR count). The maximum atomic E-state index is 11.8. The molecule has 0 aliphatic heterocycles. The monoisotopic (exact) mass is 520 g/mol. The van der Waals surface area contributed by atoms with Gasteiger partial charge in [-0.1, -0.05) is 0 Å². The normalized spacial score (nSPS) is 11.7. The zero-order chi connectivity index (χ0) is 26.6. The summed E-state index contributed by atoms with van der Waals surface area (Å²) in [6.45, 7) is 1.23. The summed E-state index contributed by atoms with van der Waals surface area (Å²) in [5.74, 6) is -2.64. The molecule has 0 radical (unpaired) electrons. The van der Waals surface area contributed by atoms with E-state index in [0.717, 1.165) is 19.1 Å². The number of halogens is 3. The molecule has 5 nitrogen and oxygen atoms in total. The molecule has 194 valence electrons. The number of carboxylic acids is 1. The molecule has 36 heavy (non-hydrogen) atoms. The third kappa shape index (κ3) is 8.18. The van der Waals surface area contributed by atoms with E-state index in [1.807, 2.05) is 0 Å². The summed E-state index contributed by atoms with van der Waals surface area (Å²) in [5, 5.41) is 14.7. The summed E-state index contributed by atoms with van der Waals surface area (Å²) in [7, 11) is 1.43. The summed E-state index contributed by atoms with van der Waals surface area (Å²) in [4.78, 5) is 22.4. The quantitative estimate of drug-likeness (QED) is 0.335. The summed E-state index contributed by atoms with van der Waals surface area (Å²) < 4.78 is 31.7.